The summed E-state index contributed by atoms with van der Waals surface area (Å²) >= 11 is 0. The molecular weight excluding hydrogens is 430 g/mol. The number of anilines is 2. The summed E-state index contributed by atoms with van der Waals surface area (Å²) in [5, 5.41) is 30.2. The number of nitrogen functional groups attached to an aromatic ring is 2. The Balaban J connectivity index is 1.99. The lowest BCUT2D eigenvalue weighted by Gasteiger charge is -2.15. The molecule has 2 aromatic rings. The Hall–Kier alpha value is -4.08. The van der Waals surface area contributed by atoms with Gasteiger partial charge in [0.15, 0.2) is 0 Å². The van der Waals surface area contributed by atoms with Gasteiger partial charge in [0.1, 0.15) is 18.1 Å². The highest BCUT2D eigenvalue weighted by Gasteiger charge is 2.22. The minimum absolute atomic E-state index is 0.00791. The van der Waals surface area contributed by atoms with Gasteiger partial charge in [-0.2, -0.15) is 0 Å². The van der Waals surface area contributed by atoms with E-state index in [4.69, 9.17) is 21.7 Å². The van der Waals surface area contributed by atoms with Crippen molar-refractivity contribution >= 4 is 35.5 Å². The topological polar surface area (TPSA) is 193 Å². The smallest absolute Gasteiger partial charge is 0.326 e. The molecule has 33 heavy (non-hydrogen) atoms. The van der Waals surface area contributed by atoms with Gasteiger partial charge >= 0.3 is 11.9 Å². The number of carboxylic acids is 2. The molecule has 0 bridgehead atoms. The van der Waals surface area contributed by atoms with Crippen LogP contribution in [0.5, 0.6) is 5.75 Å². The predicted octanol–water partition coefficient (Wildman–Crippen LogP) is 1.91. The summed E-state index contributed by atoms with van der Waals surface area (Å²) < 4.78 is 0. The van der Waals surface area contributed by atoms with Crippen molar-refractivity contribution in [1.29, 1.82) is 0 Å². The fraction of sp³-hybridized carbons (Fsp3) is 0.304. The minimum Gasteiger partial charge on any atom is -0.508 e. The first kappa shape index (κ1) is 25.2. The summed E-state index contributed by atoms with van der Waals surface area (Å²) in [5.74, 6) is -3.57. The number of carbonyl (C=O) groups excluding carboxylic acids is 2. The number of aliphatic carboxylic acids is 2. The third-order valence-corrected chi connectivity index (χ3v) is 5.24. The first-order valence-corrected chi connectivity index (χ1v) is 10.3. The molecule has 0 aliphatic carbocycles. The maximum atomic E-state index is 12.3. The standard InChI is InChI=1S/C23H27N3O7/c24-16-10-18(25)17(20(28)11-16)3-1-2-15(12-27)13-4-6-14(7-5-13)22(31)26-19(23(32)33)8-9-21(29)30/h4-7,10-12,15,19,28H,1-3,8-9,24-25H2,(H,26,31)(H,29,30)(H,32,33)/t15?,19-/m0/s1. The third-order valence-electron chi connectivity index (χ3n) is 5.24. The molecule has 10 nitrogen and oxygen atoms in total. The van der Waals surface area contributed by atoms with Crippen molar-refractivity contribution in [2.45, 2.75) is 44.1 Å². The second kappa shape index (κ2) is 11.5. The number of phenols is 1. The lowest BCUT2D eigenvalue weighted by atomic mass is 9.92. The molecule has 176 valence electrons. The molecule has 0 heterocycles. The fourth-order valence-corrected chi connectivity index (χ4v) is 3.43. The highest BCUT2D eigenvalue weighted by molar-refractivity contribution is 5.96. The molecule has 1 amide bonds. The van der Waals surface area contributed by atoms with Crippen LogP contribution in [0.3, 0.4) is 0 Å². The van der Waals surface area contributed by atoms with Crippen LogP contribution in [0.2, 0.25) is 0 Å². The number of phenolic OH excluding ortho intramolecular Hbond substituents is 1. The van der Waals surface area contributed by atoms with Gasteiger partial charge in [-0.25, -0.2) is 4.79 Å². The van der Waals surface area contributed by atoms with Crippen molar-refractivity contribution in [3.05, 3.63) is 53.1 Å². The van der Waals surface area contributed by atoms with E-state index in [-0.39, 0.29) is 17.7 Å². The van der Waals surface area contributed by atoms with Crippen LogP contribution >= 0.6 is 0 Å². The minimum atomic E-state index is -1.33. The second-order valence-electron chi connectivity index (χ2n) is 7.66. The molecule has 2 aromatic carbocycles. The lowest BCUT2D eigenvalue weighted by Crippen LogP contribution is -2.41. The number of carbonyl (C=O) groups is 4. The fourth-order valence-electron chi connectivity index (χ4n) is 3.43. The van der Waals surface area contributed by atoms with Gasteiger partial charge in [0, 0.05) is 40.9 Å². The van der Waals surface area contributed by atoms with Crippen LogP contribution in [0, 0.1) is 0 Å². The maximum Gasteiger partial charge on any atom is 0.326 e. The number of benzene rings is 2. The van der Waals surface area contributed by atoms with Crippen molar-refractivity contribution in [3.63, 3.8) is 0 Å². The SMILES string of the molecule is Nc1cc(N)c(CCCC(C=O)c2ccc(C(=O)N[C@@H](CCC(=O)O)C(=O)O)cc2)c(O)c1. The van der Waals surface area contributed by atoms with E-state index < -0.39 is 36.2 Å². The zero-order valence-corrected chi connectivity index (χ0v) is 17.9. The summed E-state index contributed by atoms with van der Waals surface area (Å²) in [4.78, 5) is 45.8. The van der Waals surface area contributed by atoms with Crippen LogP contribution in [0.1, 0.15) is 53.1 Å². The van der Waals surface area contributed by atoms with Crippen LogP contribution in [-0.2, 0) is 20.8 Å². The van der Waals surface area contributed by atoms with E-state index in [2.05, 4.69) is 5.32 Å². The van der Waals surface area contributed by atoms with Gasteiger partial charge in [-0.05, 0) is 49.4 Å². The quantitative estimate of drug-likeness (QED) is 0.204. The summed E-state index contributed by atoms with van der Waals surface area (Å²) in [6.45, 7) is 0. The largest absolute Gasteiger partial charge is 0.508 e. The number of carboxylic acid groups (broad SMARTS) is 2. The molecule has 8 N–H and O–H groups in total. The molecule has 2 rings (SSSR count). The number of hydrogen-bond donors (Lipinski definition) is 6. The molecule has 2 atom stereocenters. The molecule has 0 saturated heterocycles. The molecule has 0 aromatic heterocycles. The number of rotatable bonds is 12. The number of amides is 1. The Morgan fingerprint density at radius 1 is 1.03 bits per heavy atom. The Bertz CT molecular complexity index is 998. The van der Waals surface area contributed by atoms with Crippen molar-refractivity contribution in [3.8, 4) is 5.75 Å². The van der Waals surface area contributed by atoms with E-state index in [0.29, 0.717) is 41.8 Å². The Morgan fingerprint density at radius 2 is 1.70 bits per heavy atom. The Labute approximate surface area is 190 Å². The van der Waals surface area contributed by atoms with Gasteiger partial charge in [-0.15, -0.1) is 0 Å². The molecular formula is C23H27N3O7. The molecule has 0 aliphatic heterocycles. The molecule has 0 aliphatic rings. The first-order valence-electron chi connectivity index (χ1n) is 10.3. The maximum absolute atomic E-state index is 12.3. The van der Waals surface area contributed by atoms with E-state index in [0.717, 1.165) is 6.29 Å². The lowest BCUT2D eigenvalue weighted by molar-refractivity contribution is -0.140. The van der Waals surface area contributed by atoms with Crippen molar-refractivity contribution in [1.82, 2.24) is 5.32 Å². The Kier molecular flexibility index (Phi) is 8.79. The number of nitrogens with one attached hydrogen (secondary N) is 1. The number of aromatic hydroxyl groups is 1. The molecule has 0 spiro atoms. The van der Waals surface area contributed by atoms with E-state index in [1.165, 1.54) is 18.2 Å². The van der Waals surface area contributed by atoms with Crippen molar-refractivity contribution in [2.24, 2.45) is 0 Å². The van der Waals surface area contributed by atoms with E-state index in [9.17, 15) is 24.3 Å². The first-order chi connectivity index (χ1) is 15.6. The molecule has 0 fully saturated rings. The monoisotopic (exact) mass is 457 g/mol. The zero-order chi connectivity index (χ0) is 24.5. The van der Waals surface area contributed by atoms with Gasteiger partial charge in [-0.3, -0.25) is 9.59 Å². The van der Waals surface area contributed by atoms with E-state index >= 15 is 0 Å². The Morgan fingerprint density at radius 3 is 2.24 bits per heavy atom. The summed E-state index contributed by atoms with van der Waals surface area (Å²) in [6, 6.07) is 7.82. The normalized spacial score (nSPS) is 12.5. The van der Waals surface area contributed by atoms with Crippen LogP contribution in [0.4, 0.5) is 11.4 Å². The third kappa shape index (κ3) is 7.23. The van der Waals surface area contributed by atoms with Crippen LogP contribution < -0.4 is 16.8 Å². The van der Waals surface area contributed by atoms with Gasteiger partial charge < -0.3 is 36.9 Å². The van der Waals surface area contributed by atoms with Crippen LogP contribution in [-0.4, -0.2) is 45.5 Å². The average Bonchev–Trinajstić information content (AvgIpc) is 2.75. The van der Waals surface area contributed by atoms with Gasteiger partial charge in [0.05, 0.1) is 0 Å². The van der Waals surface area contributed by atoms with E-state index in [1.54, 1.807) is 18.2 Å². The predicted molar refractivity (Wildman–Crippen MR) is 121 cm³/mol. The van der Waals surface area contributed by atoms with Crippen molar-refractivity contribution in [2.75, 3.05) is 11.5 Å². The molecule has 10 heteroatoms. The highest BCUT2D eigenvalue weighted by atomic mass is 16.4. The molecule has 1 unspecified atom stereocenters. The summed E-state index contributed by atoms with van der Waals surface area (Å²) in [5.41, 5.74) is 13.7. The second-order valence-corrected chi connectivity index (χ2v) is 7.66. The number of nitrogens with two attached hydrogens (primary N) is 2. The summed E-state index contributed by atoms with van der Waals surface area (Å²) in [6.07, 6.45) is 1.67. The summed E-state index contributed by atoms with van der Waals surface area (Å²) in [7, 11) is 0. The average molecular weight is 457 g/mol. The zero-order valence-electron chi connectivity index (χ0n) is 17.9. The molecule has 0 saturated carbocycles. The highest BCUT2D eigenvalue weighted by Crippen LogP contribution is 2.30. The van der Waals surface area contributed by atoms with Gasteiger partial charge in [0.2, 0.25) is 0 Å². The van der Waals surface area contributed by atoms with Gasteiger partial charge in [-0.1, -0.05) is 12.1 Å². The van der Waals surface area contributed by atoms with Crippen LogP contribution in [0.25, 0.3) is 0 Å². The number of hydrogen-bond acceptors (Lipinski definition) is 7. The van der Waals surface area contributed by atoms with E-state index in [1.807, 2.05) is 0 Å². The number of aldehydes is 1. The van der Waals surface area contributed by atoms with Crippen LogP contribution in [0.15, 0.2) is 36.4 Å². The van der Waals surface area contributed by atoms with Gasteiger partial charge in [0.25, 0.3) is 5.91 Å². The van der Waals surface area contributed by atoms with Crippen molar-refractivity contribution < 1.29 is 34.5 Å². The molecule has 0 radical (unpaired) electrons.